The molecule has 0 saturated heterocycles. The van der Waals surface area contributed by atoms with E-state index in [9.17, 15) is 4.79 Å². The van der Waals surface area contributed by atoms with Gasteiger partial charge in [-0.05, 0) is 55.7 Å². The van der Waals surface area contributed by atoms with Gasteiger partial charge in [0.25, 0.3) is 5.91 Å². The van der Waals surface area contributed by atoms with Crippen LogP contribution in [0.2, 0.25) is 0 Å². The van der Waals surface area contributed by atoms with Crippen LogP contribution in [0.15, 0.2) is 30.5 Å². The number of aryl methyl sites for hydroxylation is 3. The molecule has 1 fully saturated rings. The molecule has 3 aromatic rings. The lowest BCUT2D eigenvalue weighted by atomic mass is 9.78. The van der Waals surface area contributed by atoms with Crippen molar-refractivity contribution < 1.29 is 4.79 Å². The standard InChI is InChI=1S/C25H32N4O/c1-15-10-8-12-23(17(15)3)28-25(30)22-14-26-29-19(5)21(18(4)27-24(22)29)13-20-11-7-6-9-16(20)2/h6-7,9,11,14-15,17,23H,8,10,12-13H2,1-5H3,(H,28,30)/t15-,17-,23+/m0/s1. The maximum absolute atomic E-state index is 13.1. The monoisotopic (exact) mass is 404 g/mol. The number of carbonyl (C=O) groups excluding carboxylic acids is 1. The zero-order chi connectivity index (χ0) is 21.4. The summed E-state index contributed by atoms with van der Waals surface area (Å²) in [5.74, 6) is 1.06. The molecule has 0 bridgehead atoms. The zero-order valence-electron chi connectivity index (χ0n) is 18.7. The van der Waals surface area contributed by atoms with E-state index in [1.165, 1.54) is 29.5 Å². The summed E-state index contributed by atoms with van der Waals surface area (Å²) in [6.45, 7) is 10.8. The summed E-state index contributed by atoms with van der Waals surface area (Å²) in [5.41, 5.74) is 6.93. The molecule has 1 amide bonds. The van der Waals surface area contributed by atoms with Crippen LogP contribution >= 0.6 is 0 Å². The normalized spacial score (nSPS) is 21.7. The quantitative estimate of drug-likeness (QED) is 0.679. The van der Waals surface area contributed by atoms with Gasteiger partial charge in [-0.3, -0.25) is 4.79 Å². The molecule has 1 aromatic carbocycles. The van der Waals surface area contributed by atoms with Crippen LogP contribution in [0.4, 0.5) is 0 Å². The number of aromatic nitrogens is 3. The van der Waals surface area contributed by atoms with Crippen molar-refractivity contribution >= 4 is 11.6 Å². The maximum atomic E-state index is 13.1. The third-order valence-corrected chi connectivity index (χ3v) is 7.11. The van der Waals surface area contributed by atoms with Gasteiger partial charge in [-0.2, -0.15) is 5.10 Å². The maximum Gasteiger partial charge on any atom is 0.256 e. The number of fused-ring (bicyclic) bond motifs is 1. The highest BCUT2D eigenvalue weighted by molar-refractivity contribution is 5.99. The summed E-state index contributed by atoms with van der Waals surface area (Å²) >= 11 is 0. The first-order valence-electron chi connectivity index (χ1n) is 11.1. The number of benzene rings is 1. The van der Waals surface area contributed by atoms with Crippen molar-refractivity contribution in [2.75, 3.05) is 0 Å². The van der Waals surface area contributed by atoms with E-state index >= 15 is 0 Å². The van der Waals surface area contributed by atoms with Gasteiger partial charge in [0.05, 0.1) is 6.20 Å². The number of carbonyl (C=O) groups is 1. The Kier molecular flexibility index (Phi) is 5.63. The molecule has 5 nitrogen and oxygen atoms in total. The third kappa shape index (κ3) is 3.73. The average Bonchev–Trinajstić information content (AvgIpc) is 3.14. The lowest BCUT2D eigenvalue weighted by Crippen LogP contribution is -2.43. The van der Waals surface area contributed by atoms with E-state index in [4.69, 9.17) is 4.98 Å². The molecular formula is C25H32N4O. The third-order valence-electron chi connectivity index (χ3n) is 7.11. The van der Waals surface area contributed by atoms with Gasteiger partial charge >= 0.3 is 0 Å². The molecule has 4 rings (SSSR count). The second-order valence-corrected chi connectivity index (χ2v) is 9.01. The van der Waals surface area contributed by atoms with Crippen LogP contribution < -0.4 is 5.32 Å². The van der Waals surface area contributed by atoms with Gasteiger partial charge in [0.2, 0.25) is 0 Å². The first kappa shape index (κ1) is 20.6. The lowest BCUT2D eigenvalue weighted by molar-refractivity contribution is 0.0892. The van der Waals surface area contributed by atoms with Crippen molar-refractivity contribution in [1.29, 1.82) is 0 Å². The molecule has 1 aliphatic rings. The zero-order valence-corrected chi connectivity index (χ0v) is 18.7. The number of rotatable bonds is 4. The van der Waals surface area contributed by atoms with Crippen LogP contribution in [0, 0.1) is 32.6 Å². The molecule has 5 heteroatoms. The summed E-state index contributed by atoms with van der Waals surface area (Å²) in [6.07, 6.45) is 5.94. The smallest absolute Gasteiger partial charge is 0.256 e. The van der Waals surface area contributed by atoms with Crippen LogP contribution in [0.1, 0.15) is 71.5 Å². The predicted molar refractivity (Wildman–Crippen MR) is 120 cm³/mol. The second-order valence-electron chi connectivity index (χ2n) is 9.01. The fourth-order valence-electron chi connectivity index (χ4n) is 4.76. The number of nitrogens with zero attached hydrogens (tertiary/aromatic N) is 3. The van der Waals surface area contributed by atoms with Gasteiger partial charge in [-0.1, -0.05) is 51.0 Å². The first-order chi connectivity index (χ1) is 14.4. The SMILES string of the molecule is Cc1ccccc1Cc1c(C)nc2c(C(=O)N[C@@H]3CCC[C@H](C)[C@@H]3C)cnn2c1C. The molecule has 1 saturated carbocycles. The van der Waals surface area contributed by atoms with Gasteiger partial charge in [0, 0.05) is 23.9 Å². The highest BCUT2D eigenvalue weighted by Crippen LogP contribution is 2.30. The number of hydrogen-bond acceptors (Lipinski definition) is 3. The largest absolute Gasteiger partial charge is 0.349 e. The molecule has 30 heavy (non-hydrogen) atoms. The van der Waals surface area contributed by atoms with E-state index in [2.05, 4.69) is 62.4 Å². The van der Waals surface area contributed by atoms with E-state index in [0.29, 0.717) is 23.0 Å². The average molecular weight is 405 g/mol. The molecule has 3 atom stereocenters. The molecule has 1 aliphatic carbocycles. The van der Waals surface area contributed by atoms with Gasteiger partial charge < -0.3 is 5.32 Å². The fraction of sp³-hybridized carbons (Fsp3) is 0.480. The van der Waals surface area contributed by atoms with E-state index in [1.54, 1.807) is 6.20 Å². The van der Waals surface area contributed by atoms with Crippen molar-refractivity contribution in [3.05, 3.63) is 64.1 Å². The Hall–Kier alpha value is -2.69. The Morgan fingerprint density at radius 3 is 2.70 bits per heavy atom. The van der Waals surface area contributed by atoms with Crippen molar-refractivity contribution in [3.63, 3.8) is 0 Å². The summed E-state index contributed by atoms with van der Waals surface area (Å²) in [5, 5.41) is 7.79. The molecule has 158 valence electrons. The highest BCUT2D eigenvalue weighted by Gasteiger charge is 2.29. The van der Waals surface area contributed by atoms with Crippen LogP contribution in [0.3, 0.4) is 0 Å². The molecule has 0 spiro atoms. The minimum atomic E-state index is -0.0612. The first-order valence-corrected chi connectivity index (χ1v) is 11.1. The Morgan fingerprint density at radius 1 is 1.17 bits per heavy atom. The lowest BCUT2D eigenvalue weighted by Gasteiger charge is -2.34. The molecule has 0 radical (unpaired) electrons. The Labute approximate surface area is 178 Å². The minimum Gasteiger partial charge on any atom is -0.349 e. The topological polar surface area (TPSA) is 59.3 Å². The summed E-state index contributed by atoms with van der Waals surface area (Å²) in [7, 11) is 0. The van der Waals surface area contributed by atoms with Crippen LogP contribution in [-0.2, 0) is 6.42 Å². The summed E-state index contributed by atoms with van der Waals surface area (Å²) < 4.78 is 1.82. The van der Waals surface area contributed by atoms with E-state index in [1.807, 2.05) is 11.4 Å². The molecule has 0 aliphatic heterocycles. The Morgan fingerprint density at radius 2 is 1.93 bits per heavy atom. The molecule has 1 N–H and O–H groups in total. The van der Waals surface area contributed by atoms with Gasteiger partial charge in [-0.15, -0.1) is 0 Å². The fourth-order valence-corrected chi connectivity index (χ4v) is 4.76. The molecular weight excluding hydrogens is 372 g/mol. The molecule has 2 aromatic heterocycles. The van der Waals surface area contributed by atoms with Crippen LogP contribution in [0.5, 0.6) is 0 Å². The molecule has 2 heterocycles. The van der Waals surface area contributed by atoms with Crippen LogP contribution in [-0.4, -0.2) is 26.5 Å². The van der Waals surface area contributed by atoms with E-state index in [-0.39, 0.29) is 11.9 Å². The van der Waals surface area contributed by atoms with Gasteiger partial charge in [0.15, 0.2) is 5.65 Å². The Bertz CT molecular complexity index is 1080. The summed E-state index contributed by atoms with van der Waals surface area (Å²) in [4.78, 5) is 17.9. The van der Waals surface area contributed by atoms with Gasteiger partial charge in [-0.25, -0.2) is 9.50 Å². The minimum absolute atomic E-state index is 0.0612. The van der Waals surface area contributed by atoms with Crippen LogP contribution in [0.25, 0.3) is 5.65 Å². The van der Waals surface area contributed by atoms with E-state index < -0.39 is 0 Å². The van der Waals surface area contributed by atoms with Crippen molar-refractivity contribution in [3.8, 4) is 0 Å². The number of hydrogen-bond donors (Lipinski definition) is 1. The van der Waals surface area contributed by atoms with Crippen molar-refractivity contribution in [1.82, 2.24) is 19.9 Å². The van der Waals surface area contributed by atoms with Crippen molar-refractivity contribution in [2.24, 2.45) is 11.8 Å². The van der Waals surface area contributed by atoms with Crippen molar-refractivity contribution in [2.45, 2.75) is 66.3 Å². The van der Waals surface area contributed by atoms with E-state index in [0.717, 1.165) is 24.2 Å². The summed E-state index contributed by atoms with van der Waals surface area (Å²) in [6, 6.07) is 8.65. The second kappa shape index (κ2) is 8.21. The predicted octanol–water partition coefficient (Wildman–Crippen LogP) is 4.80. The number of amides is 1. The Balaban J connectivity index is 1.64. The van der Waals surface area contributed by atoms with Gasteiger partial charge in [0.1, 0.15) is 5.56 Å². The molecule has 0 unspecified atom stereocenters. The number of nitrogens with one attached hydrogen (secondary N) is 1. The highest BCUT2D eigenvalue weighted by atomic mass is 16.1.